The van der Waals surface area contributed by atoms with E-state index in [1.807, 2.05) is 26.0 Å². The minimum atomic E-state index is -0.0548. The zero-order chi connectivity index (χ0) is 13.4. The van der Waals surface area contributed by atoms with Crippen molar-refractivity contribution in [2.24, 2.45) is 0 Å². The zero-order valence-corrected chi connectivity index (χ0v) is 11.1. The van der Waals surface area contributed by atoms with Crippen LogP contribution in [0.1, 0.15) is 30.6 Å². The van der Waals surface area contributed by atoms with E-state index < -0.39 is 0 Å². The molecule has 3 heteroatoms. The van der Waals surface area contributed by atoms with Gasteiger partial charge in [0.05, 0.1) is 18.8 Å². The summed E-state index contributed by atoms with van der Waals surface area (Å²) < 4.78 is 10.7. The van der Waals surface area contributed by atoms with Crippen LogP contribution in [0.25, 0.3) is 0 Å². The maximum Gasteiger partial charge on any atom is 0.192 e. The summed E-state index contributed by atoms with van der Waals surface area (Å²) in [7, 11) is 0. The maximum atomic E-state index is 12.0. The predicted molar refractivity (Wildman–Crippen MR) is 72.2 cm³/mol. The number of benzene rings is 1. The molecule has 0 spiro atoms. The third kappa shape index (κ3) is 4.72. The van der Waals surface area contributed by atoms with Gasteiger partial charge < -0.3 is 9.47 Å². The van der Waals surface area contributed by atoms with Gasteiger partial charge in [-0.15, -0.1) is 6.58 Å². The lowest BCUT2D eigenvalue weighted by molar-refractivity contribution is 0.0762. The van der Waals surface area contributed by atoms with Crippen molar-refractivity contribution in [1.29, 1.82) is 0 Å². The fourth-order valence-corrected chi connectivity index (χ4v) is 1.47. The van der Waals surface area contributed by atoms with Gasteiger partial charge in [-0.25, -0.2) is 0 Å². The number of ether oxygens (including phenoxy) is 2. The molecule has 3 nitrogen and oxygen atoms in total. The number of ketones is 1. The Morgan fingerprint density at radius 2 is 2.06 bits per heavy atom. The molecule has 0 unspecified atom stereocenters. The molecular formula is C15H20O3. The molecule has 0 aliphatic rings. The normalized spacial score (nSPS) is 10.1. The molecule has 0 amide bonds. The Bertz CT molecular complexity index is 410. The van der Waals surface area contributed by atoms with Crippen molar-refractivity contribution < 1.29 is 14.3 Å². The van der Waals surface area contributed by atoms with Crippen LogP contribution < -0.4 is 4.74 Å². The van der Waals surface area contributed by atoms with Crippen LogP contribution in [0.2, 0.25) is 0 Å². The van der Waals surface area contributed by atoms with Crippen LogP contribution in [0.4, 0.5) is 0 Å². The lowest BCUT2D eigenvalue weighted by atomic mass is 10.1. The van der Waals surface area contributed by atoms with Crippen molar-refractivity contribution in [3.63, 3.8) is 0 Å². The minimum Gasteiger partial charge on any atom is -0.493 e. The number of Topliss-reactive ketones (excluding diaryl/α,β-unsaturated/α-hetero) is 1. The summed E-state index contributed by atoms with van der Waals surface area (Å²) in [6.45, 7) is 8.77. The van der Waals surface area contributed by atoms with Crippen LogP contribution in [0.3, 0.4) is 0 Å². The molecule has 0 fully saturated rings. The van der Waals surface area contributed by atoms with Gasteiger partial charge in [-0.05, 0) is 32.4 Å². The van der Waals surface area contributed by atoms with E-state index in [0.29, 0.717) is 24.5 Å². The van der Waals surface area contributed by atoms with Crippen LogP contribution in [0.15, 0.2) is 36.4 Å². The fourth-order valence-electron chi connectivity index (χ4n) is 1.47. The first-order valence-corrected chi connectivity index (χ1v) is 6.12. The number of hydrogen-bond acceptors (Lipinski definition) is 3. The molecule has 0 aromatic heterocycles. The molecule has 0 saturated heterocycles. The van der Waals surface area contributed by atoms with Gasteiger partial charge in [0.15, 0.2) is 5.78 Å². The van der Waals surface area contributed by atoms with Crippen molar-refractivity contribution in [3.05, 3.63) is 42.0 Å². The predicted octanol–water partition coefficient (Wildman–Crippen LogP) is 3.25. The van der Waals surface area contributed by atoms with E-state index in [-0.39, 0.29) is 12.4 Å². The molecule has 0 aliphatic heterocycles. The number of rotatable bonds is 8. The standard InChI is InChI=1S/C15H20O3/c1-4-18-15-8-6-5-7-13(15)14(16)11-17-10-9-12(2)3/h5-8H,2,4,9-11H2,1,3H3. The first kappa shape index (κ1) is 14.5. The van der Waals surface area contributed by atoms with Crippen LogP contribution in [-0.4, -0.2) is 25.6 Å². The van der Waals surface area contributed by atoms with E-state index in [0.717, 1.165) is 12.0 Å². The van der Waals surface area contributed by atoms with Crippen LogP contribution in [-0.2, 0) is 4.74 Å². The molecule has 1 aromatic rings. The first-order valence-electron chi connectivity index (χ1n) is 6.12. The third-order valence-corrected chi connectivity index (χ3v) is 2.39. The van der Waals surface area contributed by atoms with Gasteiger partial charge in [-0.3, -0.25) is 4.79 Å². The SMILES string of the molecule is C=C(C)CCOCC(=O)c1ccccc1OCC. The van der Waals surface area contributed by atoms with Crippen molar-refractivity contribution in [2.45, 2.75) is 20.3 Å². The molecule has 0 atom stereocenters. The molecule has 0 N–H and O–H groups in total. The largest absolute Gasteiger partial charge is 0.493 e. The Morgan fingerprint density at radius 1 is 1.33 bits per heavy atom. The second kappa shape index (κ2) is 7.67. The van der Waals surface area contributed by atoms with E-state index >= 15 is 0 Å². The highest BCUT2D eigenvalue weighted by Crippen LogP contribution is 2.18. The van der Waals surface area contributed by atoms with Crippen molar-refractivity contribution in [3.8, 4) is 5.75 Å². The Hall–Kier alpha value is -1.61. The molecule has 1 rings (SSSR count). The summed E-state index contributed by atoms with van der Waals surface area (Å²) in [5.74, 6) is 0.564. The van der Waals surface area contributed by atoms with Crippen LogP contribution in [0, 0.1) is 0 Å². The Balaban J connectivity index is 2.53. The summed E-state index contributed by atoms with van der Waals surface area (Å²) in [4.78, 5) is 12.0. The van der Waals surface area contributed by atoms with Crippen LogP contribution in [0.5, 0.6) is 5.75 Å². The van der Waals surface area contributed by atoms with Gasteiger partial charge in [0.2, 0.25) is 0 Å². The average molecular weight is 248 g/mol. The Labute approximate surface area is 108 Å². The zero-order valence-electron chi connectivity index (χ0n) is 11.1. The molecule has 1 aromatic carbocycles. The first-order chi connectivity index (χ1) is 8.65. The van der Waals surface area contributed by atoms with Crippen molar-refractivity contribution in [2.75, 3.05) is 19.8 Å². The van der Waals surface area contributed by atoms with E-state index in [9.17, 15) is 4.79 Å². The highest BCUT2D eigenvalue weighted by Gasteiger charge is 2.11. The van der Waals surface area contributed by atoms with Gasteiger partial charge in [-0.1, -0.05) is 17.7 Å². The number of hydrogen-bond donors (Lipinski definition) is 0. The molecule has 0 saturated carbocycles. The van der Waals surface area contributed by atoms with E-state index in [4.69, 9.17) is 9.47 Å². The molecule has 0 bridgehead atoms. The smallest absolute Gasteiger partial charge is 0.192 e. The van der Waals surface area contributed by atoms with Gasteiger partial charge in [0.1, 0.15) is 12.4 Å². The van der Waals surface area contributed by atoms with Gasteiger partial charge in [-0.2, -0.15) is 0 Å². The topological polar surface area (TPSA) is 35.5 Å². The highest BCUT2D eigenvalue weighted by atomic mass is 16.5. The van der Waals surface area contributed by atoms with Crippen molar-refractivity contribution in [1.82, 2.24) is 0 Å². The summed E-state index contributed by atoms with van der Waals surface area (Å²) in [5.41, 5.74) is 1.63. The summed E-state index contributed by atoms with van der Waals surface area (Å²) in [5, 5.41) is 0. The minimum absolute atomic E-state index is 0.0548. The summed E-state index contributed by atoms with van der Waals surface area (Å²) in [6, 6.07) is 7.23. The molecule has 0 heterocycles. The van der Waals surface area contributed by atoms with E-state index in [2.05, 4.69) is 6.58 Å². The van der Waals surface area contributed by atoms with E-state index in [1.54, 1.807) is 12.1 Å². The lowest BCUT2D eigenvalue weighted by Crippen LogP contribution is -2.11. The summed E-state index contributed by atoms with van der Waals surface area (Å²) in [6.07, 6.45) is 0.778. The van der Waals surface area contributed by atoms with Gasteiger partial charge in [0.25, 0.3) is 0 Å². The third-order valence-electron chi connectivity index (χ3n) is 2.39. The number of carbonyl (C=O) groups is 1. The Kier molecular flexibility index (Phi) is 6.15. The fraction of sp³-hybridized carbons (Fsp3) is 0.400. The van der Waals surface area contributed by atoms with Crippen LogP contribution >= 0.6 is 0 Å². The second-order valence-corrected chi connectivity index (χ2v) is 4.11. The monoisotopic (exact) mass is 248 g/mol. The van der Waals surface area contributed by atoms with Gasteiger partial charge in [0, 0.05) is 0 Å². The molecule has 0 radical (unpaired) electrons. The Morgan fingerprint density at radius 3 is 2.72 bits per heavy atom. The summed E-state index contributed by atoms with van der Waals surface area (Å²) >= 11 is 0. The van der Waals surface area contributed by atoms with Gasteiger partial charge >= 0.3 is 0 Å². The highest BCUT2D eigenvalue weighted by molar-refractivity contribution is 5.99. The lowest BCUT2D eigenvalue weighted by Gasteiger charge is -2.09. The number of carbonyl (C=O) groups excluding carboxylic acids is 1. The quantitative estimate of drug-likeness (QED) is 0.402. The maximum absolute atomic E-state index is 12.0. The molecular weight excluding hydrogens is 228 g/mol. The van der Waals surface area contributed by atoms with Crippen molar-refractivity contribution >= 4 is 5.78 Å². The molecule has 0 aliphatic carbocycles. The molecule has 98 valence electrons. The second-order valence-electron chi connectivity index (χ2n) is 4.11. The van der Waals surface area contributed by atoms with E-state index in [1.165, 1.54) is 0 Å². The average Bonchev–Trinajstić information content (AvgIpc) is 2.35. The molecule has 18 heavy (non-hydrogen) atoms. The number of para-hydroxylation sites is 1.